The Bertz CT molecular complexity index is 472. The number of hydrogen-bond donors (Lipinski definition) is 1. The normalized spacial score (nSPS) is 21.1. The van der Waals surface area contributed by atoms with Gasteiger partial charge in [0.05, 0.1) is 0 Å². The summed E-state index contributed by atoms with van der Waals surface area (Å²) in [6.07, 6.45) is 7.40. The minimum absolute atomic E-state index is 0.0826. The van der Waals surface area contributed by atoms with Crippen LogP contribution in [-0.2, 0) is 11.2 Å². The second-order valence-corrected chi connectivity index (χ2v) is 4.96. The highest BCUT2D eigenvalue weighted by atomic mass is 16.1. The van der Waals surface area contributed by atoms with E-state index in [2.05, 4.69) is 29.6 Å². The number of amides is 1. The molecule has 3 rings (SSSR count). The molecule has 88 valence electrons. The van der Waals surface area contributed by atoms with Gasteiger partial charge in [0.15, 0.2) is 0 Å². The molecule has 0 unspecified atom stereocenters. The number of fused-ring (bicyclic) bond motifs is 1. The molecule has 17 heavy (non-hydrogen) atoms. The Kier molecular flexibility index (Phi) is 2.71. The predicted octanol–water partition coefficient (Wildman–Crippen LogP) is 2.68. The second kappa shape index (κ2) is 4.36. The van der Waals surface area contributed by atoms with Gasteiger partial charge in [0, 0.05) is 12.1 Å². The number of nitrogens with one attached hydrogen (secondary N) is 1. The lowest BCUT2D eigenvalue weighted by Gasteiger charge is -2.18. The largest absolute Gasteiger partial charge is 0.350 e. The Morgan fingerprint density at radius 3 is 2.88 bits per heavy atom. The highest BCUT2D eigenvalue weighted by Crippen LogP contribution is 2.30. The van der Waals surface area contributed by atoms with Crippen LogP contribution < -0.4 is 5.32 Å². The maximum atomic E-state index is 11.8. The van der Waals surface area contributed by atoms with E-state index in [0.717, 1.165) is 32.1 Å². The molecule has 1 aromatic carbocycles. The Morgan fingerprint density at radius 1 is 1.24 bits per heavy atom. The lowest BCUT2D eigenvalue weighted by Crippen LogP contribution is -2.23. The molecular formula is C15H17NO. The van der Waals surface area contributed by atoms with Crippen molar-refractivity contribution in [2.24, 2.45) is 0 Å². The van der Waals surface area contributed by atoms with E-state index in [0.29, 0.717) is 6.04 Å². The Hall–Kier alpha value is -1.57. The summed E-state index contributed by atoms with van der Waals surface area (Å²) in [5.41, 5.74) is 3.85. The summed E-state index contributed by atoms with van der Waals surface area (Å²) >= 11 is 0. The van der Waals surface area contributed by atoms with Crippen LogP contribution in [0.3, 0.4) is 0 Å². The fraction of sp³-hybridized carbons (Fsp3) is 0.400. The van der Waals surface area contributed by atoms with Crippen LogP contribution in [0.1, 0.15) is 36.8 Å². The van der Waals surface area contributed by atoms with Crippen LogP contribution in [0.4, 0.5) is 0 Å². The smallest absolute Gasteiger partial charge is 0.244 e. The van der Waals surface area contributed by atoms with Crippen LogP contribution in [0.2, 0.25) is 0 Å². The van der Waals surface area contributed by atoms with Crippen molar-refractivity contribution < 1.29 is 4.79 Å². The molecule has 0 bridgehead atoms. The summed E-state index contributed by atoms with van der Waals surface area (Å²) in [4.78, 5) is 11.8. The lowest BCUT2D eigenvalue weighted by molar-refractivity contribution is -0.116. The van der Waals surface area contributed by atoms with E-state index >= 15 is 0 Å². The molecule has 0 spiro atoms. The molecule has 0 atom stereocenters. The van der Waals surface area contributed by atoms with E-state index in [-0.39, 0.29) is 5.91 Å². The molecule has 0 aliphatic heterocycles. The molecule has 1 aromatic rings. The lowest BCUT2D eigenvalue weighted by atomic mass is 9.87. The summed E-state index contributed by atoms with van der Waals surface area (Å²) in [5, 5.41) is 3.02. The van der Waals surface area contributed by atoms with Crippen molar-refractivity contribution in [2.75, 3.05) is 0 Å². The second-order valence-electron chi connectivity index (χ2n) is 4.96. The SMILES string of the molecule is O=C(C=C1CCCc2ccccc21)NC1CC1. The molecule has 0 radical (unpaired) electrons. The number of carbonyl (C=O) groups excluding carboxylic acids is 1. The van der Waals surface area contributed by atoms with Gasteiger partial charge >= 0.3 is 0 Å². The minimum Gasteiger partial charge on any atom is -0.350 e. The quantitative estimate of drug-likeness (QED) is 0.773. The first-order valence-electron chi connectivity index (χ1n) is 6.42. The first-order chi connectivity index (χ1) is 8.33. The zero-order valence-electron chi connectivity index (χ0n) is 9.91. The van der Waals surface area contributed by atoms with Gasteiger partial charge in [-0.25, -0.2) is 0 Å². The van der Waals surface area contributed by atoms with Crippen molar-refractivity contribution in [2.45, 2.75) is 38.1 Å². The van der Waals surface area contributed by atoms with Crippen LogP contribution in [0.25, 0.3) is 5.57 Å². The molecule has 1 saturated carbocycles. The van der Waals surface area contributed by atoms with Crippen LogP contribution in [0, 0.1) is 0 Å². The third-order valence-corrected chi connectivity index (χ3v) is 3.48. The highest BCUT2D eigenvalue weighted by Gasteiger charge is 2.23. The predicted molar refractivity (Wildman–Crippen MR) is 68.5 cm³/mol. The minimum atomic E-state index is 0.0826. The Labute approximate surface area is 102 Å². The zero-order chi connectivity index (χ0) is 11.7. The molecule has 0 aromatic heterocycles. The number of allylic oxidation sites excluding steroid dienone is 1. The fourth-order valence-corrected chi connectivity index (χ4v) is 2.43. The first-order valence-corrected chi connectivity index (χ1v) is 6.42. The molecule has 0 saturated heterocycles. The summed E-state index contributed by atoms with van der Waals surface area (Å²) in [6.45, 7) is 0. The zero-order valence-corrected chi connectivity index (χ0v) is 9.91. The summed E-state index contributed by atoms with van der Waals surface area (Å²) in [5.74, 6) is 0.0826. The summed E-state index contributed by atoms with van der Waals surface area (Å²) in [6, 6.07) is 8.87. The topological polar surface area (TPSA) is 29.1 Å². The summed E-state index contributed by atoms with van der Waals surface area (Å²) in [7, 11) is 0. The molecule has 0 heterocycles. The maximum Gasteiger partial charge on any atom is 0.244 e. The van der Waals surface area contributed by atoms with Gasteiger partial charge in [-0.1, -0.05) is 24.3 Å². The molecule has 2 heteroatoms. The van der Waals surface area contributed by atoms with Gasteiger partial charge < -0.3 is 5.32 Å². The molecular weight excluding hydrogens is 210 g/mol. The van der Waals surface area contributed by atoms with E-state index in [1.165, 1.54) is 16.7 Å². The van der Waals surface area contributed by atoms with E-state index < -0.39 is 0 Å². The number of carbonyl (C=O) groups is 1. The van der Waals surface area contributed by atoms with Crippen molar-refractivity contribution in [1.29, 1.82) is 0 Å². The van der Waals surface area contributed by atoms with E-state index in [1.807, 2.05) is 0 Å². The van der Waals surface area contributed by atoms with Gasteiger partial charge in [-0.15, -0.1) is 0 Å². The average Bonchev–Trinajstić information content (AvgIpc) is 3.13. The van der Waals surface area contributed by atoms with Gasteiger partial charge in [0.25, 0.3) is 0 Å². The standard InChI is InChI=1S/C15H17NO/c17-15(16-13-8-9-13)10-12-6-3-5-11-4-1-2-7-14(11)12/h1-2,4,7,10,13H,3,5-6,8-9H2,(H,16,17). The first kappa shape index (κ1) is 10.6. The maximum absolute atomic E-state index is 11.8. The molecule has 1 fully saturated rings. The third kappa shape index (κ3) is 2.41. The molecule has 2 nitrogen and oxygen atoms in total. The van der Waals surface area contributed by atoms with Crippen molar-refractivity contribution >= 4 is 11.5 Å². The van der Waals surface area contributed by atoms with Crippen molar-refractivity contribution in [3.8, 4) is 0 Å². The molecule has 1 N–H and O–H groups in total. The van der Waals surface area contributed by atoms with Crippen LogP contribution >= 0.6 is 0 Å². The summed E-state index contributed by atoms with van der Waals surface area (Å²) < 4.78 is 0. The number of benzene rings is 1. The van der Waals surface area contributed by atoms with Gasteiger partial charge in [-0.05, 0) is 48.8 Å². The molecule has 2 aliphatic carbocycles. The van der Waals surface area contributed by atoms with Crippen LogP contribution in [0.15, 0.2) is 30.3 Å². The van der Waals surface area contributed by atoms with Gasteiger partial charge in [-0.2, -0.15) is 0 Å². The van der Waals surface area contributed by atoms with E-state index in [9.17, 15) is 4.79 Å². The third-order valence-electron chi connectivity index (χ3n) is 3.48. The highest BCUT2D eigenvalue weighted by molar-refractivity contribution is 5.96. The van der Waals surface area contributed by atoms with Crippen molar-refractivity contribution in [3.05, 3.63) is 41.5 Å². The van der Waals surface area contributed by atoms with Crippen LogP contribution in [-0.4, -0.2) is 11.9 Å². The number of rotatable bonds is 2. The molecule has 2 aliphatic rings. The van der Waals surface area contributed by atoms with Crippen molar-refractivity contribution in [3.63, 3.8) is 0 Å². The molecule has 1 amide bonds. The van der Waals surface area contributed by atoms with Crippen LogP contribution in [0.5, 0.6) is 0 Å². The van der Waals surface area contributed by atoms with Gasteiger partial charge in [-0.3, -0.25) is 4.79 Å². The van der Waals surface area contributed by atoms with E-state index in [4.69, 9.17) is 0 Å². The van der Waals surface area contributed by atoms with Gasteiger partial charge in [0.1, 0.15) is 0 Å². The Morgan fingerprint density at radius 2 is 2.06 bits per heavy atom. The number of aryl methyl sites for hydroxylation is 1. The number of hydrogen-bond acceptors (Lipinski definition) is 1. The van der Waals surface area contributed by atoms with E-state index in [1.54, 1.807) is 6.08 Å². The average molecular weight is 227 g/mol. The monoisotopic (exact) mass is 227 g/mol. The fourth-order valence-electron chi connectivity index (χ4n) is 2.43. The van der Waals surface area contributed by atoms with Crippen molar-refractivity contribution in [1.82, 2.24) is 5.32 Å². The Balaban J connectivity index is 1.83. The van der Waals surface area contributed by atoms with Gasteiger partial charge in [0.2, 0.25) is 5.91 Å².